The van der Waals surface area contributed by atoms with Crippen molar-refractivity contribution in [2.45, 2.75) is 38.1 Å². The molecule has 2 aliphatic rings. The molecule has 0 spiro atoms. The summed E-state index contributed by atoms with van der Waals surface area (Å²) in [7, 11) is 3.48. The topological polar surface area (TPSA) is 21.3 Å². The third kappa shape index (κ3) is 2.56. The number of halogens is 1. The molecule has 20 heavy (non-hydrogen) atoms. The third-order valence-electron chi connectivity index (χ3n) is 5.35. The van der Waals surface area contributed by atoms with Gasteiger partial charge in [-0.05, 0) is 68.2 Å². The molecule has 110 valence electrons. The van der Waals surface area contributed by atoms with Crippen LogP contribution in [0.2, 0.25) is 0 Å². The van der Waals surface area contributed by atoms with E-state index in [1.165, 1.54) is 32.8 Å². The van der Waals surface area contributed by atoms with Crippen LogP contribution in [0.15, 0.2) is 18.2 Å². The highest BCUT2D eigenvalue weighted by atomic mass is 19.1. The molecule has 1 N–H and O–H groups in total. The molecule has 3 heteroatoms. The average molecular weight is 277 g/mol. The Balaban J connectivity index is 1.71. The van der Waals surface area contributed by atoms with Gasteiger partial charge < -0.3 is 10.1 Å². The summed E-state index contributed by atoms with van der Waals surface area (Å²) in [4.78, 5) is 0. The summed E-state index contributed by atoms with van der Waals surface area (Å²) in [6.07, 6.45) is 6.77. The van der Waals surface area contributed by atoms with Crippen LogP contribution in [0.5, 0.6) is 5.75 Å². The zero-order valence-corrected chi connectivity index (χ0v) is 12.4. The Morgan fingerprint density at radius 3 is 2.75 bits per heavy atom. The molecule has 1 aromatic rings. The molecule has 0 heterocycles. The number of nitrogens with one attached hydrogen (secondary N) is 1. The summed E-state index contributed by atoms with van der Waals surface area (Å²) >= 11 is 0. The van der Waals surface area contributed by atoms with Crippen LogP contribution in [0.1, 0.15) is 43.7 Å². The average Bonchev–Trinajstić information content (AvgIpc) is 3.07. The molecule has 0 aliphatic heterocycles. The summed E-state index contributed by atoms with van der Waals surface area (Å²) in [6, 6.07) is 5.58. The van der Waals surface area contributed by atoms with Gasteiger partial charge in [-0.15, -0.1) is 0 Å². The van der Waals surface area contributed by atoms with E-state index in [4.69, 9.17) is 4.74 Å². The van der Waals surface area contributed by atoms with Crippen LogP contribution >= 0.6 is 0 Å². The van der Waals surface area contributed by atoms with Crippen molar-refractivity contribution in [1.29, 1.82) is 0 Å². The summed E-state index contributed by atoms with van der Waals surface area (Å²) in [6.45, 7) is 0. The van der Waals surface area contributed by atoms with Gasteiger partial charge in [0.05, 0.1) is 7.11 Å². The number of methoxy groups -OCH3 is 1. The predicted molar refractivity (Wildman–Crippen MR) is 78.3 cm³/mol. The van der Waals surface area contributed by atoms with Gasteiger partial charge in [-0.3, -0.25) is 0 Å². The number of hydrogen-bond donors (Lipinski definition) is 1. The Morgan fingerprint density at radius 2 is 2.20 bits per heavy atom. The summed E-state index contributed by atoms with van der Waals surface area (Å²) in [5, 5.41) is 3.36. The van der Waals surface area contributed by atoms with Crippen molar-refractivity contribution in [1.82, 2.24) is 5.32 Å². The van der Waals surface area contributed by atoms with E-state index >= 15 is 0 Å². The smallest absolute Gasteiger partial charge is 0.165 e. The monoisotopic (exact) mass is 277 g/mol. The lowest BCUT2D eigenvalue weighted by Gasteiger charge is -2.27. The van der Waals surface area contributed by atoms with Crippen LogP contribution in [0, 0.1) is 23.6 Å². The van der Waals surface area contributed by atoms with E-state index < -0.39 is 0 Å². The zero-order valence-electron chi connectivity index (χ0n) is 12.4. The fourth-order valence-electron chi connectivity index (χ4n) is 4.29. The molecule has 4 unspecified atom stereocenters. The first-order valence-corrected chi connectivity index (χ1v) is 7.72. The molecule has 2 aliphatic carbocycles. The number of fused-ring (bicyclic) bond motifs is 2. The van der Waals surface area contributed by atoms with Gasteiger partial charge in [0, 0.05) is 6.04 Å². The fraction of sp³-hybridized carbons (Fsp3) is 0.647. The van der Waals surface area contributed by atoms with Crippen LogP contribution in [0.3, 0.4) is 0 Å². The van der Waals surface area contributed by atoms with Crippen molar-refractivity contribution in [2.24, 2.45) is 17.8 Å². The Kier molecular flexibility index (Phi) is 3.97. The standard InChI is InChI=1S/C17H24FNO/c1-19-16(10-14-8-11-3-4-12(14)7-11)13-5-6-17(20-2)15(18)9-13/h5-6,9,11-12,14,16,19H,3-4,7-8,10H2,1-2H3. The maximum atomic E-state index is 13.9. The lowest BCUT2D eigenvalue weighted by atomic mass is 9.83. The van der Waals surface area contributed by atoms with Crippen LogP contribution in [0.25, 0.3) is 0 Å². The van der Waals surface area contributed by atoms with Crippen molar-refractivity contribution >= 4 is 0 Å². The molecular weight excluding hydrogens is 253 g/mol. The second-order valence-electron chi connectivity index (χ2n) is 6.41. The first kappa shape index (κ1) is 13.9. The number of ether oxygens (including phenoxy) is 1. The zero-order chi connectivity index (χ0) is 14.1. The molecule has 2 nitrogen and oxygen atoms in total. The summed E-state index contributed by atoms with van der Waals surface area (Å²) < 4.78 is 18.8. The fourth-order valence-corrected chi connectivity index (χ4v) is 4.29. The number of benzene rings is 1. The number of rotatable bonds is 5. The van der Waals surface area contributed by atoms with Crippen LogP contribution in [-0.4, -0.2) is 14.2 Å². The third-order valence-corrected chi connectivity index (χ3v) is 5.35. The molecule has 1 aromatic carbocycles. The summed E-state index contributed by atoms with van der Waals surface area (Å²) in [5.74, 6) is 2.76. The Hall–Kier alpha value is -1.09. The van der Waals surface area contributed by atoms with Crippen molar-refractivity contribution in [3.8, 4) is 5.75 Å². The van der Waals surface area contributed by atoms with Crippen molar-refractivity contribution in [2.75, 3.05) is 14.2 Å². The second-order valence-corrected chi connectivity index (χ2v) is 6.41. The lowest BCUT2D eigenvalue weighted by Crippen LogP contribution is -2.22. The minimum absolute atomic E-state index is 0.250. The summed E-state index contributed by atoms with van der Waals surface area (Å²) in [5.41, 5.74) is 1.04. The Labute approximate surface area is 120 Å². The minimum Gasteiger partial charge on any atom is -0.494 e. The first-order valence-electron chi connectivity index (χ1n) is 7.72. The van der Waals surface area contributed by atoms with Crippen LogP contribution in [-0.2, 0) is 0 Å². The highest BCUT2D eigenvalue weighted by Crippen LogP contribution is 2.50. The van der Waals surface area contributed by atoms with Crippen LogP contribution < -0.4 is 10.1 Å². The minimum atomic E-state index is -0.266. The molecule has 0 amide bonds. The molecule has 0 radical (unpaired) electrons. The molecule has 4 atom stereocenters. The predicted octanol–water partition coefficient (Wildman–Crippen LogP) is 3.92. The van der Waals surface area contributed by atoms with Crippen LogP contribution in [0.4, 0.5) is 4.39 Å². The van der Waals surface area contributed by atoms with E-state index in [2.05, 4.69) is 5.32 Å². The van der Waals surface area contributed by atoms with Crippen molar-refractivity contribution < 1.29 is 9.13 Å². The molecule has 2 fully saturated rings. The SMILES string of the molecule is CNC(CC1CC2CCC1C2)c1ccc(OC)c(F)c1. The van der Waals surface area contributed by atoms with E-state index in [9.17, 15) is 4.39 Å². The van der Waals surface area contributed by atoms with Gasteiger partial charge in [0.15, 0.2) is 11.6 Å². The van der Waals surface area contributed by atoms with E-state index in [-0.39, 0.29) is 11.9 Å². The molecule has 0 aromatic heterocycles. The van der Waals surface area contributed by atoms with E-state index in [0.717, 1.165) is 29.7 Å². The van der Waals surface area contributed by atoms with Crippen molar-refractivity contribution in [3.63, 3.8) is 0 Å². The molecular formula is C17H24FNO. The van der Waals surface area contributed by atoms with Gasteiger partial charge in [0.1, 0.15) is 0 Å². The lowest BCUT2D eigenvalue weighted by molar-refractivity contribution is 0.283. The van der Waals surface area contributed by atoms with Gasteiger partial charge in [0.2, 0.25) is 0 Å². The van der Waals surface area contributed by atoms with Crippen molar-refractivity contribution in [3.05, 3.63) is 29.6 Å². The van der Waals surface area contributed by atoms with Gasteiger partial charge >= 0.3 is 0 Å². The molecule has 0 saturated heterocycles. The Bertz CT molecular complexity index is 476. The largest absolute Gasteiger partial charge is 0.494 e. The first-order chi connectivity index (χ1) is 9.71. The second kappa shape index (κ2) is 5.72. The van der Waals surface area contributed by atoms with Gasteiger partial charge in [-0.2, -0.15) is 0 Å². The van der Waals surface area contributed by atoms with E-state index in [1.54, 1.807) is 12.1 Å². The maximum Gasteiger partial charge on any atom is 0.165 e. The molecule has 2 saturated carbocycles. The van der Waals surface area contributed by atoms with E-state index in [1.807, 2.05) is 13.1 Å². The molecule has 3 rings (SSSR count). The quantitative estimate of drug-likeness (QED) is 0.880. The maximum absolute atomic E-state index is 13.9. The van der Waals surface area contributed by atoms with Gasteiger partial charge in [-0.1, -0.05) is 12.5 Å². The van der Waals surface area contributed by atoms with E-state index in [0.29, 0.717) is 5.75 Å². The van der Waals surface area contributed by atoms with Gasteiger partial charge in [-0.25, -0.2) is 4.39 Å². The van der Waals surface area contributed by atoms with Gasteiger partial charge in [0.25, 0.3) is 0 Å². The molecule has 2 bridgehead atoms. The number of hydrogen-bond acceptors (Lipinski definition) is 2. The highest BCUT2D eigenvalue weighted by molar-refractivity contribution is 5.31. The highest BCUT2D eigenvalue weighted by Gasteiger charge is 2.40. The normalized spacial score (nSPS) is 29.6. The Morgan fingerprint density at radius 1 is 1.35 bits per heavy atom.